The first-order valence-electron chi connectivity index (χ1n) is 6.25. The fourth-order valence-electron chi connectivity index (χ4n) is 1.87. The van der Waals surface area contributed by atoms with Crippen LogP contribution in [0, 0.1) is 6.92 Å². The van der Waals surface area contributed by atoms with E-state index in [0.717, 1.165) is 17.8 Å². The molecule has 0 bridgehead atoms. The van der Waals surface area contributed by atoms with Crippen molar-refractivity contribution < 1.29 is 4.79 Å². The quantitative estimate of drug-likeness (QED) is 0.885. The maximum Gasteiger partial charge on any atom is 0.258 e. The topological polar surface area (TPSA) is 59.0 Å². The minimum absolute atomic E-state index is 0.136. The molecule has 5 nitrogen and oxygen atoms in total. The Labute approximate surface area is 112 Å². The van der Waals surface area contributed by atoms with Gasteiger partial charge in [-0.15, -0.1) is 0 Å². The number of amides is 1. The molecule has 1 amide bonds. The van der Waals surface area contributed by atoms with Crippen LogP contribution in [0.1, 0.15) is 22.8 Å². The Kier molecular flexibility index (Phi) is 3.85. The van der Waals surface area contributed by atoms with Gasteiger partial charge in [0, 0.05) is 25.3 Å². The molecular weight excluding hydrogens is 240 g/mol. The molecule has 0 aliphatic heterocycles. The van der Waals surface area contributed by atoms with Crippen molar-refractivity contribution in [1.82, 2.24) is 9.78 Å². The van der Waals surface area contributed by atoms with Gasteiger partial charge in [0.25, 0.3) is 5.91 Å². The van der Waals surface area contributed by atoms with Gasteiger partial charge in [-0.2, -0.15) is 5.10 Å². The molecule has 100 valence electrons. The largest absolute Gasteiger partial charge is 0.385 e. The molecule has 0 fully saturated rings. The second-order valence-electron chi connectivity index (χ2n) is 4.37. The highest BCUT2D eigenvalue weighted by atomic mass is 16.1. The van der Waals surface area contributed by atoms with E-state index in [1.54, 1.807) is 24.0 Å². The number of hydrogen-bond donors (Lipinski definition) is 2. The van der Waals surface area contributed by atoms with Crippen molar-refractivity contribution >= 4 is 17.4 Å². The molecule has 0 aliphatic carbocycles. The molecule has 19 heavy (non-hydrogen) atoms. The summed E-state index contributed by atoms with van der Waals surface area (Å²) < 4.78 is 1.63. The molecule has 0 unspecified atom stereocenters. The van der Waals surface area contributed by atoms with Gasteiger partial charge in [0.05, 0.1) is 11.8 Å². The number of carbonyl (C=O) groups is 1. The number of anilines is 2. The van der Waals surface area contributed by atoms with Gasteiger partial charge in [-0.1, -0.05) is 11.6 Å². The Morgan fingerprint density at radius 3 is 2.79 bits per heavy atom. The standard InChI is InChI=1S/C14H18N4O/c1-4-15-12-6-5-10(2)9-11(12)14(19)17-13-7-8-16-18(13)3/h5-9,15H,4H2,1-3H3,(H,17,19). The molecule has 0 saturated carbocycles. The van der Waals surface area contributed by atoms with Crippen LogP contribution in [-0.2, 0) is 7.05 Å². The van der Waals surface area contributed by atoms with Crippen LogP contribution in [0.25, 0.3) is 0 Å². The van der Waals surface area contributed by atoms with Gasteiger partial charge in [-0.3, -0.25) is 9.48 Å². The fourth-order valence-corrected chi connectivity index (χ4v) is 1.87. The van der Waals surface area contributed by atoms with Crippen molar-refractivity contribution in [2.75, 3.05) is 17.2 Å². The molecule has 2 aromatic rings. The Balaban J connectivity index is 2.27. The SMILES string of the molecule is CCNc1ccc(C)cc1C(=O)Nc1ccnn1C. The van der Waals surface area contributed by atoms with Gasteiger partial charge in [0.2, 0.25) is 0 Å². The minimum atomic E-state index is -0.136. The average Bonchev–Trinajstić information content (AvgIpc) is 2.77. The lowest BCUT2D eigenvalue weighted by Crippen LogP contribution is -2.17. The van der Waals surface area contributed by atoms with Gasteiger partial charge < -0.3 is 10.6 Å². The molecule has 2 rings (SSSR count). The molecular formula is C14H18N4O. The van der Waals surface area contributed by atoms with Crippen molar-refractivity contribution in [3.05, 3.63) is 41.6 Å². The Morgan fingerprint density at radius 1 is 1.37 bits per heavy atom. The van der Waals surface area contributed by atoms with E-state index in [-0.39, 0.29) is 5.91 Å². The summed E-state index contributed by atoms with van der Waals surface area (Å²) in [7, 11) is 1.79. The molecule has 0 aliphatic rings. The van der Waals surface area contributed by atoms with E-state index in [9.17, 15) is 4.79 Å². The van der Waals surface area contributed by atoms with Crippen LogP contribution in [0.4, 0.5) is 11.5 Å². The average molecular weight is 258 g/mol. The van der Waals surface area contributed by atoms with Crippen molar-refractivity contribution in [3.8, 4) is 0 Å². The maximum absolute atomic E-state index is 12.3. The summed E-state index contributed by atoms with van der Waals surface area (Å²) in [5, 5.41) is 10.1. The number of nitrogens with zero attached hydrogens (tertiary/aromatic N) is 2. The van der Waals surface area contributed by atoms with Gasteiger partial charge >= 0.3 is 0 Å². The summed E-state index contributed by atoms with van der Waals surface area (Å²) in [5.41, 5.74) is 2.53. The summed E-state index contributed by atoms with van der Waals surface area (Å²) in [5.74, 6) is 0.539. The van der Waals surface area contributed by atoms with E-state index >= 15 is 0 Å². The smallest absolute Gasteiger partial charge is 0.258 e. The normalized spacial score (nSPS) is 10.3. The molecule has 0 radical (unpaired) electrons. The third-order valence-electron chi connectivity index (χ3n) is 2.85. The molecule has 2 N–H and O–H groups in total. The highest BCUT2D eigenvalue weighted by Crippen LogP contribution is 2.19. The number of nitrogens with one attached hydrogen (secondary N) is 2. The summed E-state index contributed by atoms with van der Waals surface area (Å²) in [6, 6.07) is 7.56. The molecule has 5 heteroatoms. The first kappa shape index (κ1) is 13.1. The second-order valence-corrected chi connectivity index (χ2v) is 4.37. The lowest BCUT2D eigenvalue weighted by atomic mass is 10.1. The highest BCUT2D eigenvalue weighted by molar-refractivity contribution is 6.07. The molecule has 0 saturated heterocycles. The van der Waals surface area contributed by atoms with Crippen molar-refractivity contribution in [3.63, 3.8) is 0 Å². The number of rotatable bonds is 4. The fraction of sp³-hybridized carbons (Fsp3) is 0.286. The zero-order valence-electron chi connectivity index (χ0n) is 11.4. The summed E-state index contributed by atoms with van der Waals surface area (Å²) in [6.07, 6.45) is 1.65. The van der Waals surface area contributed by atoms with Crippen molar-refractivity contribution in [2.45, 2.75) is 13.8 Å². The lowest BCUT2D eigenvalue weighted by molar-refractivity contribution is 0.102. The van der Waals surface area contributed by atoms with Crippen LogP contribution in [0.2, 0.25) is 0 Å². The van der Waals surface area contributed by atoms with E-state index in [2.05, 4.69) is 15.7 Å². The van der Waals surface area contributed by atoms with Gasteiger partial charge in [0.15, 0.2) is 0 Å². The van der Waals surface area contributed by atoms with Crippen molar-refractivity contribution in [2.24, 2.45) is 7.05 Å². The van der Waals surface area contributed by atoms with E-state index in [0.29, 0.717) is 11.4 Å². The molecule has 1 aromatic heterocycles. The zero-order valence-corrected chi connectivity index (χ0v) is 11.4. The van der Waals surface area contributed by atoms with Gasteiger partial charge in [-0.25, -0.2) is 0 Å². The number of carbonyl (C=O) groups excluding carboxylic acids is 1. The number of hydrogen-bond acceptors (Lipinski definition) is 3. The zero-order chi connectivity index (χ0) is 13.8. The first-order valence-corrected chi connectivity index (χ1v) is 6.25. The summed E-state index contributed by atoms with van der Waals surface area (Å²) in [6.45, 7) is 4.74. The van der Waals surface area contributed by atoms with Crippen LogP contribution < -0.4 is 10.6 Å². The predicted octanol–water partition coefficient (Wildman–Crippen LogP) is 2.41. The number of aryl methyl sites for hydroxylation is 2. The van der Waals surface area contributed by atoms with Crippen molar-refractivity contribution in [1.29, 1.82) is 0 Å². The van der Waals surface area contributed by atoms with E-state index in [4.69, 9.17) is 0 Å². The van der Waals surface area contributed by atoms with E-state index in [1.807, 2.05) is 32.0 Å². The third kappa shape index (κ3) is 2.93. The van der Waals surface area contributed by atoms with Gasteiger partial charge in [-0.05, 0) is 26.0 Å². The summed E-state index contributed by atoms with van der Waals surface area (Å²) >= 11 is 0. The minimum Gasteiger partial charge on any atom is -0.385 e. The second kappa shape index (κ2) is 5.56. The van der Waals surface area contributed by atoms with Crippen LogP contribution >= 0.6 is 0 Å². The van der Waals surface area contributed by atoms with E-state index in [1.165, 1.54) is 0 Å². The maximum atomic E-state index is 12.3. The Hall–Kier alpha value is -2.30. The summed E-state index contributed by atoms with van der Waals surface area (Å²) in [4.78, 5) is 12.3. The molecule has 0 atom stereocenters. The first-order chi connectivity index (χ1) is 9.11. The van der Waals surface area contributed by atoms with Crippen LogP contribution in [-0.4, -0.2) is 22.2 Å². The van der Waals surface area contributed by atoms with Crippen LogP contribution in [0.15, 0.2) is 30.5 Å². The number of benzene rings is 1. The van der Waals surface area contributed by atoms with Crippen LogP contribution in [0.3, 0.4) is 0 Å². The van der Waals surface area contributed by atoms with Crippen LogP contribution in [0.5, 0.6) is 0 Å². The van der Waals surface area contributed by atoms with Gasteiger partial charge in [0.1, 0.15) is 5.82 Å². The monoisotopic (exact) mass is 258 g/mol. The Morgan fingerprint density at radius 2 is 2.16 bits per heavy atom. The van der Waals surface area contributed by atoms with E-state index < -0.39 is 0 Å². The molecule has 1 heterocycles. The molecule has 1 aromatic carbocycles. The predicted molar refractivity (Wildman–Crippen MR) is 76.5 cm³/mol. The Bertz CT molecular complexity index is 589. The highest BCUT2D eigenvalue weighted by Gasteiger charge is 2.12. The molecule has 0 spiro atoms. The number of aromatic nitrogens is 2. The third-order valence-corrected chi connectivity index (χ3v) is 2.85. The lowest BCUT2D eigenvalue weighted by Gasteiger charge is -2.12.